The minimum absolute atomic E-state index is 0.0965. The Balaban J connectivity index is 2.01. The fraction of sp³-hybridized carbons (Fsp3) is 0.211. The Bertz CT molecular complexity index is 787. The summed E-state index contributed by atoms with van der Waals surface area (Å²) in [5.41, 5.74) is 11.8. The quantitative estimate of drug-likeness (QED) is 0.337. The molecule has 0 aliphatic rings. The van der Waals surface area contributed by atoms with Crippen LogP contribution in [0.1, 0.15) is 19.4 Å². The van der Waals surface area contributed by atoms with Gasteiger partial charge in [-0.25, -0.2) is 4.79 Å². The van der Waals surface area contributed by atoms with E-state index in [0.29, 0.717) is 12.4 Å². The van der Waals surface area contributed by atoms with Gasteiger partial charge in [-0.05, 0) is 54.9 Å². The average Bonchev–Trinajstić information content (AvgIpc) is 2.65. The van der Waals surface area contributed by atoms with Gasteiger partial charge < -0.3 is 15.2 Å². The van der Waals surface area contributed by atoms with Crippen molar-refractivity contribution in [1.82, 2.24) is 5.43 Å². The van der Waals surface area contributed by atoms with Crippen molar-refractivity contribution in [3.05, 3.63) is 54.1 Å². The number of nitrogens with zero attached hydrogens (tertiary/aromatic N) is 1. The SMILES string of the molecule is CCOC(=O)COc1ccc(-c2ccc(/C(C)=N/NC(N)=S)cc2)cc1. The lowest BCUT2D eigenvalue weighted by Crippen LogP contribution is -2.25. The molecule has 0 heterocycles. The van der Waals surface area contributed by atoms with Gasteiger partial charge in [-0.3, -0.25) is 5.43 Å². The first kappa shape index (κ1) is 19.4. The van der Waals surface area contributed by atoms with Crippen LogP contribution in [0.5, 0.6) is 5.75 Å². The van der Waals surface area contributed by atoms with Crippen LogP contribution in [0, 0.1) is 0 Å². The Labute approximate surface area is 158 Å². The number of carbonyl (C=O) groups excluding carboxylic acids is 1. The molecule has 0 saturated heterocycles. The van der Waals surface area contributed by atoms with Gasteiger partial charge in [-0.15, -0.1) is 0 Å². The number of esters is 1. The Hall–Kier alpha value is -2.93. The molecular weight excluding hydrogens is 350 g/mol. The highest BCUT2D eigenvalue weighted by molar-refractivity contribution is 7.80. The first-order valence-electron chi connectivity index (χ1n) is 8.08. The Morgan fingerprint density at radius 1 is 1.12 bits per heavy atom. The number of ether oxygens (including phenoxy) is 2. The van der Waals surface area contributed by atoms with Crippen LogP contribution in [-0.4, -0.2) is 30.0 Å². The van der Waals surface area contributed by atoms with Crippen LogP contribution >= 0.6 is 12.2 Å². The maximum atomic E-state index is 11.3. The summed E-state index contributed by atoms with van der Waals surface area (Å²) in [4.78, 5) is 11.3. The molecule has 0 fully saturated rings. The summed E-state index contributed by atoms with van der Waals surface area (Å²) >= 11 is 4.73. The number of carbonyl (C=O) groups is 1. The normalized spacial score (nSPS) is 10.9. The third-order valence-corrected chi connectivity index (χ3v) is 3.58. The van der Waals surface area contributed by atoms with E-state index in [1.165, 1.54) is 0 Å². The van der Waals surface area contributed by atoms with E-state index in [4.69, 9.17) is 27.4 Å². The van der Waals surface area contributed by atoms with E-state index < -0.39 is 0 Å². The van der Waals surface area contributed by atoms with Crippen molar-refractivity contribution in [3.63, 3.8) is 0 Å². The van der Waals surface area contributed by atoms with Crippen molar-refractivity contribution in [2.75, 3.05) is 13.2 Å². The van der Waals surface area contributed by atoms with Crippen molar-refractivity contribution in [3.8, 4) is 16.9 Å². The smallest absolute Gasteiger partial charge is 0.344 e. The topological polar surface area (TPSA) is 85.9 Å². The summed E-state index contributed by atoms with van der Waals surface area (Å²) in [7, 11) is 0. The van der Waals surface area contributed by atoms with Gasteiger partial charge in [-0.1, -0.05) is 36.4 Å². The molecule has 2 aromatic carbocycles. The molecule has 2 aromatic rings. The van der Waals surface area contributed by atoms with Crippen molar-refractivity contribution < 1.29 is 14.3 Å². The highest BCUT2D eigenvalue weighted by atomic mass is 32.1. The predicted molar refractivity (Wildman–Crippen MR) is 106 cm³/mol. The highest BCUT2D eigenvalue weighted by Crippen LogP contribution is 2.23. The highest BCUT2D eigenvalue weighted by Gasteiger charge is 2.04. The number of nitrogens with two attached hydrogens (primary N) is 1. The molecule has 136 valence electrons. The van der Waals surface area contributed by atoms with Gasteiger partial charge in [0.25, 0.3) is 0 Å². The number of benzene rings is 2. The third kappa shape index (κ3) is 5.86. The van der Waals surface area contributed by atoms with E-state index in [1.807, 2.05) is 55.5 Å². The van der Waals surface area contributed by atoms with E-state index >= 15 is 0 Å². The summed E-state index contributed by atoms with van der Waals surface area (Å²) in [6, 6.07) is 15.5. The van der Waals surface area contributed by atoms with Crippen molar-refractivity contribution in [1.29, 1.82) is 0 Å². The largest absolute Gasteiger partial charge is 0.482 e. The molecule has 0 bridgehead atoms. The van der Waals surface area contributed by atoms with Crippen LogP contribution < -0.4 is 15.9 Å². The van der Waals surface area contributed by atoms with Gasteiger partial charge in [0.1, 0.15) is 5.75 Å². The lowest BCUT2D eigenvalue weighted by molar-refractivity contribution is -0.145. The number of hydrogen-bond acceptors (Lipinski definition) is 5. The van der Waals surface area contributed by atoms with Gasteiger partial charge >= 0.3 is 5.97 Å². The second-order valence-electron chi connectivity index (χ2n) is 5.37. The predicted octanol–water partition coefficient (Wildman–Crippen LogP) is 2.85. The molecule has 0 radical (unpaired) electrons. The standard InChI is InChI=1S/C19H21N3O3S/c1-3-24-18(23)12-25-17-10-8-16(9-11-17)15-6-4-14(5-7-15)13(2)21-22-19(20)26/h4-11H,3,12H2,1-2H3,(H3,20,22,26)/b21-13+. The fourth-order valence-electron chi connectivity index (χ4n) is 2.20. The molecule has 0 aliphatic heterocycles. The Morgan fingerprint density at radius 2 is 1.69 bits per heavy atom. The Morgan fingerprint density at radius 3 is 2.23 bits per heavy atom. The zero-order valence-electron chi connectivity index (χ0n) is 14.7. The van der Waals surface area contributed by atoms with Crippen LogP contribution in [0.4, 0.5) is 0 Å². The molecule has 0 spiro atoms. The van der Waals surface area contributed by atoms with E-state index in [1.54, 1.807) is 6.92 Å². The maximum Gasteiger partial charge on any atom is 0.344 e. The van der Waals surface area contributed by atoms with Crippen LogP contribution in [0.25, 0.3) is 11.1 Å². The summed E-state index contributed by atoms with van der Waals surface area (Å²) in [5, 5.41) is 4.23. The second-order valence-corrected chi connectivity index (χ2v) is 5.81. The average molecular weight is 371 g/mol. The lowest BCUT2D eigenvalue weighted by atomic mass is 10.0. The van der Waals surface area contributed by atoms with Gasteiger partial charge in [0, 0.05) is 0 Å². The number of nitrogens with one attached hydrogen (secondary N) is 1. The van der Waals surface area contributed by atoms with E-state index in [-0.39, 0.29) is 17.7 Å². The molecule has 0 atom stereocenters. The summed E-state index contributed by atoms with van der Waals surface area (Å²) in [6.45, 7) is 3.88. The molecule has 0 saturated carbocycles. The first-order chi connectivity index (χ1) is 12.5. The lowest BCUT2D eigenvalue weighted by Gasteiger charge is -2.08. The van der Waals surface area contributed by atoms with Gasteiger partial charge in [0.2, 0.25) is 0 Å². The minimum atomic E-state index is -0.380. The molecule has 7 heteroatoms. The Kier molecular flexibility index (Phi) is 7.11. The van der Waals surface area contributed by atoms with Crippen molar-refractivity contribution in [2.24, 2.45) is 10.8 Å². The molecule has 2 rings (SSSR count). The van der Waals surface area contributed by atoms with Crippen LogP contribution in [0.15, 0.2) is 53.6 Å². The zero-order valence-corrected chi connectivity index (χ0v) is 15.5. The van der Waals surface area contributed by atoms with Gasteiger partial charge in [-0.2, -0.15) is 5.10 Å². The van der Waals surface area contributed by atoms with Crippen molar-refractivity contribution in [2.45, 2.75) is 13.8 Å². The molecule has 0 amide bonds. The molecule has 0 unspecified atom stereocenters. The number of hydrogen-bond donors (Lipinski definition) is 2. The second kappa shape index (κ2) is 9.53. The summed E-state index contributed by atoms with van der Waals surface area (Å²) in [6.07, 6.45) is 0. The number of rotatable bonds is 7. The maximum absolute atomic E-state index is 11.3. The summed E-state index contributed by atoms with van der Waals surface area (Å²) < 4.78 is 10.2. The van der Waals surface area contributed by atoms with Crippen molar-refractivity contribution >= 4 is 29.0 Å². The number of thiocarbonyl (C=S) groups is 1. The first-order valence-corrected chi connectivity index (χ1v) is 8.49. The fourth-order valence-corrected chi connectivity index (χ4v) is 2.24. The molecule has 3 N–H and O–H groups in total. The van der Waals surface area contributed by atoms with Crippen LogP contribution in [-0.2, 0) is 9.53 Å². The van der Waals surface area contributed by atoms with E-state index in [9.17, 15) is 4.79 Å². The molecular formula is C19H21N3O3S. The van der Waals surface area contributed by atoms with E-state index in [2.05, 4.69) is 10.5 Å². The van der Waals surface area contributed by atoms with E-state index in [0.717, 1.165) is 22.4 Å². The number of hydrazone groups is 1. The molecule has 6 nitrogen and oxygen atoms in total. The molecule has 0 aromatic heterocycles. The third-order valence-electron chi connectivity index (χ3n) is 3.49. The zero-order chi connectivity index (χ0) is 18.9. The molecule has 26 heavy (non-hydrogen) atoms. The van der Waals surface area contributed by atoms with Gasteiger partial charge in [0.15, 0.2) is 11.7 Å². The summed E-state index contributed by atoms with van der Waals surface area (Å²) in [5.74, 6) is 0.235. The molecule has 0 aliphatic carbocycles. The van der Waals surface area contributed by atoms with Crippen LogP contribution in [0.3, 0.4) is 0 Å². The monoisotopic (exact) mass is 371 g/mol. The van der Waals surface area contributed by atoms with Gasteiger partial charge in [0.05, 0.1) is 12.3 Å². The minimum Gasteiger partial charge on any atom is -0.482 e. The van der Waals surface area contributed by atoms with Crippen LogP contribution in [0.2, 0.25) is 0 Å².